The summed E-state index contributed by atoms with van der Waals surface area (Å²) in [4.78, 5) is 12.5. The van der Waals surface area contributed by atoms with E-state index in [1.54, 1.807) is 0 Å². The Kier molecular flexibility index (Phi) is 5.05. The van der Waals surface area contributed by atoms with Gasteiger partial charge in [0.1, 0.15) is 5.78 Å². The molecule has 3 aliphatic heterocycles. The van der Waals surface area contributed by atoms with Crippen molar-refractivity contribution in [1.29, 1.82) is 0 Å². The van der Waals surface area contributed by atoms with Crippen LogP contribution in [0.5, 0.6) is 0 Å². The molecule has 114 valence electrons. The summed E-state index contributed by atoms with van der Waals surface area (Å²) in [7, 11) is 0. The van der Waals surface area contributed by atoms with E-state index in [0.717, 1.165) is 63.5 Å². The van der Waals surface area contributed by atoms with Crippen LogP contribution >= 0.6 is 11.8 Å². The minimum absolute atomic E-state index is 0.0536. The van der Waals surface area contributed by atoms with Crippen LogP contribution in [0.2, 0.25) is 0 Å². The molecule has 0 saturated carbocycles. The maximum atomic E-state index is 12.5. The first-order valence-corrected chi connectivity index (χ1v) is 9.38. The van der Waals surface area contributed by atoms with E-state index in [4.69, 9.17) is 4.74 Å². The number of carbonyl (C=O) groups is 1. The Morgan fingerprint density at radius 2 is 2.15 bits per heavy atom. The van der Waals surface area contributed by atoms with E-state index >= 15 is 0 Å². The number of Topliss-reactive ketones (excluding diaryl/α,β-unsaturated/α-hetero) is 1. The smallest absolute Gasteiger partial charge is 0.136 e. The predicted molar refractivity (Wildman–Crippen MR) is 83.2 cm³/mol. The third-order valence-corrected chi connectivity index (χ3v) is 6.50. The fourth-order valence-electron chi connectivity index (χ4n) is 3.89. The second-order valence-corrected chi connectivity index (χ2v) is 7.83. The molecule has 0 aromatic rings. The van der Waals surface area contributed by atoms with Crippen LogP contribution in [0.25, 0.3) is 0 Å². The molecule has 3 heterocycles. The molecule has 0 amide bonds. The van der Waals surface area contributed by atoms with Crippen LogP contribution in [-0.2, 0) is 9.53 Å². The number of hydrogen-bond donors (Lipinski definition) is 1. The number of nitrogens with one attached hydrogen (secondary N) is 1. The van der Waals surface area contributed by atoms with Gasteiger partial charge in [-0.1, -0.05) is 0 Å². The van der Waals surface area contributed by atoms with E-state index in [9.17, 15) is 4.79 Å². The van der Waals surface area contributed by atoms with Crippen molar-refractivity contribution in [3.8, 4) is 0 Å². The fraction of sp³-hybridized carbons (Fsp3) is 0.938. The molecule has 0 aromatic carbocycles. The second kappa shape index (κ2) is 6.80. The summed E-state index contributed by atoms with van der Waals surface area (Å²) in [5, 5.41) is 3.39. The highest BCUT2D eigenvalue weighted by molar-refractivity contribution is 7.99. The molecule has 2 unspecified atom stereocenters. The maximum absolute atomic E-state index is 12.5. The van der Waals surface area contributed by atoms with Crippen molar-refractivity contribution in [2.24, 2.45) is 11.8 Å². The summed E-state index contributed by atoms with van der Waals surface area (Å²) in [5.74, 6) is 3.88. The highest BCUT2D eigenvalue weighted by Gasteiger charge is 2.42. The van der Waals surface area contributed by atoms with Crippen LogP contribution in [0.4, 0.5) is 0 Å². The Balaban J connectivity index is 1.46. The van der Waals surface area contributed by atoms with Gasteiger partial charge < -0.3 is 10.1 Å². The van der Waals surface area contributed by atoms with E-state index < -0.39 is 0 Å². The summed E-state index contributed by atoms with van der Waals surface area (Å²) < 4.78 is 6.02. The summed E-state index contributed by atoms with van der Waals surface area (Å²) in [6, 6.07) is 0. The van der Waals surface area contributed by atoms with Crippen molar-refractivity contribution in [1.82, 2.24) is 5.32 Å². The van der Waals surface area contributed by atoms with Crippen LogP contribution in [0, 0.1) is 11.8 Å². The van der Waals surface area contributed by atoms with Gasteiger partial charge >= 0.3 is 0 Å². The SMILES string of the molecule is O=C(CCC1CCNCC1)C1CCOC2(CCSC2)C1. The van der Waals surface area contributed by atoms with Gasteiger partial charge in [-0.2, -0.15) is 11.8 Å². The van der Waals surface area contributed by atoms with E-state index in [-0.39, 0.29) is 11.5 Å². The van der Waals surface area contributed by atoms with Crippen LogP contribution in [0.3, 0.4) is 0 Å². The number of piperidine rings is 1. The fourth-order valence-corrected chi connectivity index (χ4v) is 5.26. The second-order valence-electron chi connectivity index (χ2n) is 6.72. The molecule has 0 radical (unpaired) electrons. The largest absolute Gasteiger partial charge is 0.374 e. The number of ketones is 1. The third-order valence-electron chi connectivity index (χ3n) is 5.27. The molecule has 3 nitrogen and oxygen atoms in total. The maximum Gasteiger partial charge on any atom is 0.136 e. The van der Waals surface area contributed by atoms with E-state index in [1.807, 2.05) is 11.8 Å². The molecule has 2 atom stereocenters. The zero-order valence-electron chi connectivity index (χ0n) is 12.4. The first-order valence-electron chi connectivity index (χ1n) is 8.23. The number of hydrogen-bond acceptors (Lipinski definition) is 4. The number of ether oxygens (including phenoxy) is 1. The summed E-state index contributed by atoms with van der Waals surface area (Å²) in [6.07, 6.45) is 7.51. The predicted octanol–water partition coefficient (Wildman–Crippen LogP) is 2.64. The average Bonchev–Trinajstić information content (AvgIpc) is 2.93. The summed E-state index contributed by atoms with van der Waals surface area (Å²) in [6.45, 7) is 3.07. The Bertz CT molecular complexity index is 335. The summed E-state index contributed by atoms with van der Waals surface area (Å²) >= 11 is 1.99. The van der Waals surface area contributed by atoms with Gasteiger partial charge in [0, 0.05) is 24.7 Å². The molecule has 4 heteroatoms. The molecule has 1 N–H and O–H groups in total. The minimum Gasteiger partial charge on any atom is -0.374 e. The zero-order chi connectivity index (χ0) is 13.8. The lowest BCUT2D eigenvalue weighted by Gasteiger charge is -2.37. The van der Waals surface area contributed by atoms with Gasteiger partial charge in [0.2, 0.25) is 0 Å². The lowest BCUT2D eigenvalue weighted by Crippen LogP contribution is -2.42. The molecule has 0 aliphatic carbocycles. The number of carbonyl (C=O) groups excluding carboxylic acids is 1. The number of rotatable bonds is 4. The monoisotopic (exact) mass is 297 g/mol. The minimum atomic E-state index is 0.0536. The van der Waals surface area contributed by atoms with E-state index in [1.165, 1.54) is 18.6 Å². The van der Waals surface area contributed by atoms with Gasteiger partial charge in [-0.05, 0) is 63.3 Å². The molecule has 3 fully saturated rings. The quantitative estimate of drug-likeness (QED) is 0.866. The molecule has 3 aliphatic rings. The highest BCUT2D eigenvalue weighted by atomic mass is 32.2. The molecule has 0 bridgehead atoms. The first-order chi connectivity index (χ1) is 9.77. The lowest BCUT2D eigenvalue weighted by atomic mass is 9.81. The van der Waals surface area contributed by atoms with Gasteiger partial charge in [0.25, 0.3) is 0 Å². The lowest BCUT2D eigenvalue weighted by molar-refractivity contribution is -0.134. The van der Waals surface area contributed by atoms with Crippen molar-refractivity contribution in [2.75, 3.05) is 31.2 Å². The van der Waals surface area contributed by atoms with Crippen molar-refractivity contribution >= 4 is 17.5 Å². The molecule has 20 heavy (non-hydrogen) atoms. The van der Waals surface area contributed by atoms with Crippen LogP contribution in [0.1, 0.15) is 44.9 Å². The Morgan fingerprint density at radius 1 is 1.30 bits per heavy atom. The Hall–Kier alpha value is -0.0600. The van der Waals surface area contributed by atoms with Gasteiger partial charge in [-0.3, -0.25) is 4.79 Å². The van der Waals surface area contributed by atoms with Gasteiger partial charge in [0.05, 0.1) is 5.60 Å². The van der Waals surface area contributed by atoms with Crippen LogP contribution in [-0.4, -0.2) is 42.6 Å². The van der Waals surface area contributed by atoms with Crippen LogP contribution in [0.15, 0.2) is 0 Å². The van der Waals surface area contributed by atoms with Crippen LogP contribution < -0.4 is 5.32 Å². The normalized spacial score (nSPS) is 35.5. The topological polar surface area (TPSA) is 38.3 Å². The molecule has 3 rings (SSSR count). The highest BCUT2D eigenvalue weighted by Crippen LogP contribution is 2.41. The van der Waals surface area contributed by atoms with Gasteiger partial charge in [-0.15, -0.1) is 0 Å². The zero-order valence-corrected chi connectivity index (χ0v) is 13.2. The summed E-state index contributed by atoms with van der Waals surface area (Å²) in [5.41, 5.74) is 0.0536. The molecule has 3 saturated heterocycles. The van der Waals surface area contributed by atoms with Gasteiger partial charge in [0.15, 0.2) is 0 Å². The third kappa shape index (κ3) is 3.58. The Morgan fingerprint density at radius 3 is 2.90 bits per heavy atom. The molecule has 0 aromatic heterocycles. The van der Waals surface area contributed by atoms with E-state index in [2.05, 4.69) is 5.32 Å². The van der Waals surface area contributed by atoms with Crippen molar-refractivity contribution < 1.29 is 9.53 Å². The standard InChI is InChI=1S/C16H27NO2S/c18-15(2-1-13-3-7-17-8-4-13)14-5-9-19-16(11-14)6-10-20-12-16/h13-14,17H,1-12H2. The average molecular weight is 297 g/mol. The number of thioether (sulfide) groups is 1. The van der Waals surface area contributed by atoms with Crippen molar-refractivity contribution in [3.05, 3.63) is 0 Å². The Labute approximate surface area is 126 Å². The molecule has 1 spiro atoms. The molecular weight excluding hydrogens is 270 g/mol. The van der Waals surface area contributed by atoms with Crippen molar-refractivity contribution in [2.45, 2.75) is 50.5 Å². The molecular formula is C16H27NO2S. The van der Waals surface area contributed by atoms with E-state index in [0.29, 0.717) is 5.78 Å². The first kappa shape index (κ1) is 14.9. The van der Waals surface area contributed by atoms with Gasteiger partial charge in [-0.25, -0.2) is 0 Å². The van der Waals surface area contributed by atoms with Crippen molar-refractivity contribution in [3.63, 3.8) is 0 Å².